The maximum Gasteiger partial charge on any atom is 0.0644 e. The highest BCUT2D eigenvalue weighted by Crippen LogP contribution is 2.38. The molecule has 2 atom stereocenters. The predicted molar refractivity (Wildman–Crippen MR) is 74.9 cm³/mol. The second-order valence-electron chi connectivity index (χ2n) is 6.24. The fraction of sp³-hybridized carbons (Fsp3) is 0.800. The summed E-state index contributed by atoms with van der Waals surface area (Å²) < 4.78 is 1.95. The molecule has 1 saturated heterocycles. The highest BCUT2D eigenvalue weighted by Gasteiger charge is 2.36. The molecule has 0 radical (unpaired) electrons. The molecule has 2 heterocycles. The molecule has 1 saturated carbocycles. The Bertz CT molecular complexity index is 442. The Kier molecular flexibility index (Phi) is 3.63. The van der Waals surface area contributed by atoms with E-state index in [0.29, 0.717) is 6.54 Å². The quantitative estimate of drug-likeness (QED) is 0.899. The van der Waals surface area contributed by atoms with Gasteiger partial charge in [-0.1, -0.05) is 6.42 Å². The molecule has 2 aliphatic rings. The molecule has 106 valence electrons. The van der Waals surface area contributed by atoms with Crippen molar-refractivity contribution in [1.82, 2.24) is 14.7 Å². The Labute approximate surface area is 115 Å². The lowest BCUT2D eigenvalue weighted by Crippen LogP contribution is -2.22. The first-order valence-electron chi connectivity index (χ1n) is 7.55. The zero-order valence-electron chi connectivity index (χ0n) is 12.1. The Morgan fingerprint density at radius 1 is 1.21 bits per heavy atom. The molecule has 2 unspecified atom stereocenters. The van der Waals surface area contributed by atoms with E-state index in [1.807, 2.05) is 4.68 Å². The van der Waals surface area contributed by atoms with Crippen molar-refractivity contribution in [1.29, 1.82) is 0 Å². The monoisotopic (exact) mass is 263 g/mol. The summed E-state index contributed by atoms with van der Waals surface area (Å²) >= 11 is 0. The maximum absolute atomic E-state index is 9.07. The van der Waals surface area contributed by atoms with Crippen molar-refractivity contribution in [3.63, 3.8) is 0 Å². The van der Waals surface area contributed by atoms with Crippen LogP contribution >= 0.6 is 0 Å². The zero-order valence-corrected chi connectivity index (χ0v) is 12.1. The Morgan fingerprint density at radius 3 is 2.53 bits per heavy atom. The van der Waals surface area contributed by atoms with Gasteiger partial charge >= 0.3 is 0 Å². The molecule has 3 rings (SSSR count). The predicted octanol–water partition coefficient (Wildman–Crippen LogP) is 1.72. The van der Waals surface area contributed by atoms with Gasteiger partial charge in [-0.15, -0.1) is 0 Å². The molecule has 19 heavy (non-hydrogen) atoms. The number of aryl methyl sites for hydroxylation is 1. The van der Waals surface area contributed by atoms with Gasteiger partial charge in [0.05, 0.1) is 18.8 Å². The van der Waals surface area contributed by atoms with Gasteiger partial charge in [0.1, 0.15) is 0 Å². The standard InChI is InChI=1S/C15H25N3O/c1-11-15(12(2)18(16-11)6-7-19)10-17-8-13-4-3-5-14(13)9-17/h13-14,19H,3-10H2,1-2H3. The lowest BCUT2D eigenvalue weighted by Gasteiger charge is -2.17. The van der Waals surface area contributed by atoms with Crippen LogP contribution in [0.3, 0.4) is 0 Å². The van der Waals surface area contributed by atoms with E-state index in [-0.39, 0.29) is 6.61 Å². The van der Waals surface area contributed by atoms with Gasteiger partial charge in [-0.25, -0.2) is 0 Å². The minimum absolute atomic E-state index is 0.162. The average Bonchev–Trinajstić information content (AvgIpc) is 3.00. The number of aromatic nitrogens is 2. The van der Waals surface area contributed by atoms with Crippen LogP contribution in [0.15, 0.2) is 0 Å². The molecule has 1 aliphatic heterocycles. The van der Waals surface area contributed by atoms with Crippen LogP contribution in [0.4, 0.5) is 0 Å². The van der Waals surface area contributed by atoms with Gasteiger partial charge in [0, 0.05) is 30.9 Å². The largest absolute Gasteiger partial charge is 0.394 e. The molecule has 1 aromatic heterocycles. The summed E-state index contributed by atoms with van der Waals surface area (Å²) in [6.07, 6.45) is 4.31. The molecule has 1 aromatic rings. The van der Waals surface area contributed by atoms with Gasteiger partial charge in [0.25, 0.3) is 0 Å². The Hall–Kier alpha value is -0.870. The molecular formula is C15H25N3O. The van der Waals surface area contributed by atoms with Crippen molar-refractivity contribution in [3.05, 3.63) is 17.0 Å². The van der Waals surface area contributed by atoms with Crippen molar-refractivity contribution in [2.75, 3.05) is 19.7 Å². The molecule has 0 amide bonds. The van der Waals surface area contributed by atoms with E-state index >= 15 is 0 Å². The van der Waals surface area contributed by atoms with Crippen LogP contribution in [-0.2, 0) is 13.1 Å². The van der Waals surface area contributed by atoms with Gasteiger partial charge in [-0.05, 0) is 38.5 Å². The van der Waals surface area contributed by atoms with E-state index in [1.54, 1.807) is 0 Å². The van der Waals surface area contributed by atoms with Crippen LogP contribution in [-0.4, -0.2) is 39.5 Å². The van der Waals surface area contributed by atoms with Crippen LogP contribution in [0.5, 0.6) is 0 Å². The molecule has 4 heteroatoms. The van der Waals surface area contributed by atoms with Gasteiger partial charge in [-0.3, -0.25) is 9.58 Å². The third-order valence-electron chi connectivity index (χ3n) is 5.03. The van der Waals surface area contributed by atoms with Crippen molar-refractivity contribution in [3.8, 4) is 0 Å². The van der Waals surface area contributed by atoms with E-state index in [4.69, 9.17) is 5.11 Å². The second kappa shape index (κ2) is 5.25. The summed E-state index contributed by atoms with van der Waals surface area (Å²) in [5.41, 5.74) is 3.72. The topological polar surface area (TPSA) is 41.3 Å². The average molecular weight is 263 g/mol. The first-order valence-corrected chi connectivity index (χ1v) is 7.55. The van der Waals surface area contributed by atoms with Crippen molar-refractivity contribution in [2.45, 2.75) is 46.2 Å². The minimum Gasteiger partial charge on any atom is -0.394 e. The third-order valence-corrected chi connectivity index (χ3v) is 5.03. The molecule has 2 fully saturated rings. The summed E-state index contributed by atoms with van der Waals surface area (Å²) in [4.78, 5) is 2.61. The summed E-state index contributed by atoms with van der Waals surface area (Å²) in [6, 6.07) is 0. The number of fused-ring (bicyclic) bond motifs is 1. The number of aliphatic hydroxyl groups is 1. The van der Waals surface area contributed by atoms with Gasteiger partial charge < -0.3 is 5.11 Å². The summed E-state index contributed by atoms with van der Waals surface area (Å²) in [5.74, 6) is 1.90. The molecule has 0 bridgehead atoms. The van der Waals surface area contributed by atoms with E-state index in [0.717, 1.165) is 24.1 Å². The van der Waals surface area contributed by atoms with Crippen molar-refractivity contribution < 1.29 is 5.11 Å². The normalized spacial score (nSPS) is 27.1. The van der Waals surface area contributed by atoms with Gasteiger partial charge in [0.15, 0.2) is 0 Å². The van der Waals surface area contributed by atoms with Crippen LogP contribution in [0.1, 0.15) is 36.2 Å². The van der Waals surface area contributed by atoms with E-state index in [9.17, 15) is 0 Å². The van der Waals surface area contributed by atoms with E-state index < -0.39 is 0 Å². The number of hydrogen-bond acceptors (Lipinski definition) is 3. The summed E-state index contributed by atoms with van der Waals surface area (Å²) in [7, 11) is 0. The molecule has 0 spiro atoms. The Morgan fingerprint density at radius 2 is 1.89 bits per heavy atom. The molecule has 1 N–H and O–H groups in total. The van der Waals surface area contributed by atoms with Crippen LogP contribution in [0.25, 0.3) is 0 Å². The van der Waals surface area contributed by atoms with Crippen LogP contribution in [0.2, 0.25) is 0 Å². The third kappa shape index (κ3) is 2.43. The van der Waals surface area contributed by atoms with E-state index in [1.165, 1.54) is 43.6 Å². The molecule has 4 nitrogen and oxygen atoms in total. The number of rotatable bonds is 4. The summed E-state index contributed by atoms with van der Waals surface area (Å²) in [5, 5.41) is 13.6. The zero-order chi connectivity index (χ0) is 13.4. The smallest absolute Gasteiger partial charge is 0.0644 e. The second-order valence-corrected chi connectivity index (χ2v) is 6.24. The SMILES string of the molecule is Cc1nn(CCO)c(C)c1CN1CC2CCCC2C1. The summed E-state index contributed by atoms with van der Waals surface area (Å²) in [6.45, 7) is 8.57. The number of hydrogen-bond donors (Lipinski definition) is 1. The highest BCUT2D eigenvalue weighted by molar-refractivity contribution is 5.24. The molecule has 0 aromatic carbocycles. The number of nitrogens with zero attached hydrogens (tertiary/aromatic N) is 3. The van der Waals surface area contributed by atoms with Crippen LogP contribution < -0.4 is 0 Å². The lowest BCUT2D eigenvalue weighted by atomic mass is 10.0. The Balaban J connectivity index is 1.70. The highest BCUT2D eigenvalue weighted by atomic mass is 16.3. The van der Waals surface area contributed by atoms with E-state index in [2.05, 4.69) is 23.8 Å². The number of aliphatic hydroxyl groups excluding tert-OH is 1. The van der Waals surface area contributed by atoms with Crippen molar-refractivity contribution >= 4 is 0 Å². The fourth-order valence-corrected chi connectivity index (χ4v) is 3.96. The first-order chi connectivity index (χ1) is 9.19. The molecular weight excluding hydrogens is 238 g/mol. The van der Waals surface area contributed by atoms with Gasteiger partial charge in [0.2, 0.25) is 0 Å². The lowest BCUT2D eigenvalue weighted by molar-refractivity contribution is 0.267. The molecule has 1 aliphatic carbocycles. The fourth-order valence-electron chi connectivity index (χ4n) is 3.96. The van der Waals surface area contributed by atoms with Crippen LogP contribution in [0, 0.1) is 25.7 Å². The minimum atomic E-state index is 0.162. The van der Waals surface area contributed by atoms with Gasteiger partial charge in [-0.2, -0.15) is 5.10 Å². The first kappa shape index (κ1) is 13.1. The number of likely N-dealkylation sites (tertiary alicyclic amines) is 1. The maximum atomic E-state index is 9.07. The van der Waals surface area contributed by atoms with Crippen molar-refractivity contribution in [2.24, 2.45) is 11.8 Å².